The van der Waals surface area contributed by atoms with Crippen molar-refractivity contribution >= 4 is 62.7 Å². The number of hydrogen-bond acceptors (Lipinski definition) is 4. The number of carbonyl (C=O) groups excluding carboxylic acids is 1. The normalized spacial score (nSPS) is 25.6. The lowest BCUT2D eigenvalue weighted by molar-refractivity contribution is -0.150. The molecule has 5 nitrogen and oxygen atoms in total. The van der Waals surface area contributed by atoms with Gasteiger partial charge in [0.1, 0.15) is 33.6 Å². The summed E-state index contributed by atoms with van der Waals surface area (Å²) < 4.78 is 3.16. The van der Waals surface area contributed by atoms with Gasteiger partial charge >= 0.3 is 5.97 Å². The molecule has 130 valence electrons. The minimum Gasteiger partial charge on any atom is -0.477 e. The van der Waals surface area contributed by atoms with Gasteiger partial charge in [0.25, 0.3) is 0 Å². The number of carboxylic acid groups (broad SMARTS) is 1. The first-order valence-corrected chi connectivity index (χ1v) is 17.1. The van der Waals surface area contributed by atoms with Crippen molar-refractivity contribution < 1.29 is 14.7 Å². The van der Waals surface area contributed by atoms with Crippen LogP contribution >= 0.6 is 34.4 Å². The molecule has 0 aliphatic carbocycles. The Bertz CT molecular complexity index is 557. The Morgan fingerprint density at radius 3 is 2.22 bits per heavy atom. The van der Waals surface area contributed by atoms with Crippen LogP contribution in [0.1, 0.15) is 0 Å². The van der Waals surface area contributed by atoms with E-state index in [-0.39, 0.29) is 23.0 Å². The Morgan fingerprint density at radius 2 is 1.83 bits per heavy atom. The second kappa shape index (κ2) is 6.47. The van der Waals surface area contributed by atoms with E-state index in [0.717, 1.165) is 5.57 Å². The number of aliphatic carboxylic acids is 1. The maximum atomic E-state index is 12.9. The summed E-state index contributed by atoms with van der Waals surface area (Å²) in [5.74, 6) is -0.283. The zero-order valence-electron chi connectivity index (χ0n) is 14.5. The van der Waals surface area contributed by atoms with Crippen LogP contribution in [0.4, 0.5) is 0 Å². The van der Waals surface area contributed by atoms with E-state index in [1.165, 1.54) is 0 Å². The van der Waals surface area contributed by atoms with Crippen LogP contribution in [0.25, 0.3) is 0 Å². The number of thioether (sulfide) groups is 1. The Labute approximate surface area is 158 Å². The summed E-state index contributed by atoms with van der Waals surface area (Å²) in [7, 11) is -3.36. The maximum Gasteiger partial charge on any atom is 0.352 e. The summed E-state index contributed by atoms with van der Waals surface area (Å²) in [6.07, 6.45) is 0. The molecule has 1 fully saturated rings. The number of rotatable bonds is 5. The molecule has 1 saturated heterocycles. The highest BCUT2D eigenvalue weighted by atomic mass is 127. The van der Waals surface area contributed by atoms with Crippen molar-refractivity contribution in [2.45, 2.75) is 50.7 Å². The van der Waals surface area contributed by atoms with E-state index in [1.54, 1.807) is 16.7 Å². The molecule has 2 aliphatic heterocycles. The first kappa shape index (κ1) is 19.5. The molecule has 9 heteroatoms. The van der Waals surface area contributed by atoms with Gasteiger partial charge in [0.2, 0.25) is 5.91 Å². The van der Waals surface area contributed by atoms with Gasteiger partial charge in [0, 0.05) is 10.2 Å². The van der Waals surface area contributed by atoms with Crippen molar-refractivity contribution in [1.82, 2.24) is 9.13 Å². The van der Waals surface area contributed by atoms with Crippen molar-refractivity contribution in [1.29, 1.82) is 0 Å². The number of carboxylic acids is 1. The van der Waals surface area contributed by atoms with Crippen LogP contribution in [0.5, 0.6) is 0 Å². The molecule has 23 heavy (non-hydrogen) atoms. The molecule has 0 aromatic rings. The highest BCUT2D eigenvalue weighted by molar-refractivity contribution is 14.1. The zero-order valence-corrected chi connectivity index (χ0v) is 19.5. The molecule has 0 aromatic carbocycles. The molecule has 2 heterocycles. The van der Waals surface area contributed by atoms with E-state index < -0.39 is 22.4 Å². The quantitative estimate of drug-likeness (QED) is 0.281. The molecular weight excluding hydrogens is 459 g/mol. The minimum absolute atomic E-state index is 0.0215. The molecule has 0 unspecified atom stereocenters. The predicted octanol–water partition coefficient (Wildman–Crippen LogP) is 3.02. The zero-order chi connectivity index (χ0) is 17.7. The van der Waals surface area contributed by atoms with Gasteiger partial charge in [-0.3, -0.25) is 9.69 Å². The Hall–Kier alpha value is 0.154. The van der Waals surface area contributed by atoms with E-state index in [0.29, 0.717) is 10.2 Å². The summed E-state index contributed by atoms with van der Waals surface area (Å²) in [5, 5.41) is 9.52. The summed E-state index contributed by atoms with van der Waals surface area (Å²) in [4.78, 5) is 26.1. The van der Waals surface area contributed by atoms with Crippen LogP contribution in [-0.2, 0) is 9.59 Å². The fourth-order valence-electron chi connectivity index (χ4n) is 3.71. The molecule has 0 aromatic heterocycles. The number of β-lactam (4-membered cyclic amide) rings is 1. The SMILES string of the molecule is C[Si](C)(C)N([C@@H]1C(=O)N2C(C(=O)O)=C(CI)CS[C@H]12)[Si](C)(C)C. The van der Waals surface area contributed by atoms with E-state index in [9.17, 15) is 14.7 Å². The third-order valence-electron chi connectivity index (χ3n) is 4.11. The number of fused-ring (bicyclic) bond motifs is 1. The highest BCUT2D eigenvalue weighted by Gasteiger charge is 2.59. The number of hydrogen-bond donors (Lipinski definition) is 1. The predicted molar refractivity (Wildman–Crippen MR) is 109 cm³/mol. The molecule has 1 N–H and O–H groups in total. The molecule has 0 saturated carbocycles. The van der Waals surface area contributed by atoms with Gasteiger partial charge in [-0.05, 0) is 5.57 Å². The van der Waals surface area contributed by atoms with E-state index in [2.05, 4.69) is 66.1 Å². The molecule has 0 spiro atoms. The van der Waals surface area contributed by atoms with Gasteiger partial charge < -0.3 is 9.34 Å². The van der Waals surface area contributed by atoms with Gasteiger partial charge in [-0.2, -0.15) is 0 Å². The topological polar surface area (TPSA) is 60.9 Å². The van der Waals surface area contributed by atoms with Crippen molar-refractivity contribution in [2.24, 2.45) is 0 Å². The van der Waals surface area contributed by atoms with Gasteiger partial charge in [-0.25, -0.2) is 4.79 Å². The Morgan fingerprint density at radius 1 is 1.30 bits per heavy atom. The summed E-state index contributed by atoms with van der Waals surface area (Å²) in [6, 6.07) is -0.150. The average Bonchev–Trinajstić information content (AvgIpc) is 2.39. The van der Waals surface area contributed by atoms with Crippen LogP contribution in [0.15, 0.2) is 11.3 Å². The van der Waals surface area contributed by atoms with Crippen molar-refractivity contribution in [3.63, 3.8) is 0 Å². The Balaban J connectivity index is 2.41. The van der Waals surface area contributed by atoms with Crippen LogP contribution in [0.2, 0.25) is 39.3 Å². The maximum absolute atomic E-state index is 12.9. The fourth-order valence-corrected chi connectivity index (χ4v) is 16.5. The largest absolute Gasteiger partial charge is 0.477 e. The summed E-state index contributed by atoms with van der Waals surface area (Å²) >= 11 is 3.90. The lowest BCUT2D eigenvalue weighted by atomic mass is 10.0. The molecule has 0 radical (unpaired) electrons. The minimum atomic E-state index is -1.68. The van der Waals surface area contributed by atoms with Crippen molar-refractivity contribution in [3.05, 3.63) is 11.3 Å². The number of alkyl halides is 1. The van der Waals surface area contributed by atoms with Gasteiger partial charge in [0.05, 0.1) is 0 Å². The molecule has 0 bridgehead atoms. The Kier molecular flexibility index (Phi) is 5.48. The standard InChI is InChI=1S/C14H25IN2O3SSi2/c1-22(2,3)17(23(4,5)6)11-12(18)16-10(14(19)20)9(7-15)8-21-13(11)16/h11,13H,7-8H2,1-6H3,(H,19,20)/t11-,13-/m1/s1. The van der Waals surface area contributed by atoms with Gasteiger partial charge in [0.15, 0.2) is 0 Å². The van der Waals surface area contributed by atoms with Crippen molar-refractivity contribution in [2.75, 3.05) is 10.2 Å². The number of nitrogens with zero attached hydrogens (tertiary/aromatic N) is 2. The monoisotopic (exact) mass is 484 g/mol. The lowest BCUT2D eigenvalue weighted by Gasteiger charge is -2.59. The average molecular weight is 485 g/mol. The molecule has 2 rings (SSSR count). The van der Waals surface area contributed by atoms with Crippen LogP contribution in [0, 0.1) is 0 Å². The van der Waals surface area contributed by atoms with E-state index in [1.807, 2.05) is 0 Å². The molecule has 2 atom stereocenters. The van der Waals surface area contributed by atoms with E-state index in [4.69, 9.17) is 0 Å². The first-order chi connectivity index (χ1) is 10.4. The van der Waals surface area contributed by atoms with Gasteiger partial charge in [-0.1, -0.05) is 61.9 Å². The third-order valence-corrected chi connectivity index (χ3v) is 13.8. The smallest absolute Gasteiger partial charge is 0.352 e. The molecule has 2 aliphatic rings. The van der Waals surface area contributed by atoms with Crippen LogP contribution in [-0.4, -0.2) is 64.2 Å². The number of amides is 1. The lowest BCUT2D eigenvalue weighted by Crippen LogP contribution is -2.78. The van der Waals surface area contributed by atoms with E-state index >= 15 is 0 Å². The van der Waals surface area contributed by atoms with Crippen LogP contribution < -0.4 is 0 Å². The summed E-state index contributed by atoms with van der Waals surface area (Å²) in [5.41, 5.74) is 1.09. The molecule has 1 amide bonds. The second-order valence-corrected chi connectivity index (χ2v) is 19.9. The fraction of sp³-hybridized carbons (Fsp3) is 0.714. The van der Waals surface area contributed by atoms with Crippen molar-refractivity contribution in [3.8, 4) is 0 Å². The number of halogens is 1. The van der Waals surface area contributed by atoms with Gasteiger partial charge in [-0.15, -0.1) is 11.8 Å². The first-order valence-electron chi connectivity index (χ1n) is 7.66. The third kappa shape index (κ3) is 3.44. The summed E-state index contributed by atoms with van der Waals surface area (Å²) in [6.45, 7) is 13.7. The highest BCUT2D eigenvalue weighted by Crippen LogP contribution is 2.45. The van der Waals surface area contributed by atoms with Crippen LogP contribution in [0.3, 0.4) is 0 Å². The second-order valence-electron chi connectivity index (χ2n) is 7.96. The number of carbonyl (C=O) groups is 2. The molecular formula is C14H25IN2O3SSi2.